The molecule has 30 heavy (non-hydrogen) atoms. The lowest BCUT2D eigenvalue weighted by atomic mass is 9.92. The number of benzene rings is 1. The SMILES string of the molecule is CN/C=C\C=C(/c1ccc(F)cc1OCC(F)(F)F)C(C)/C=C\NC1CCOCC1. The second-order valence-corrected chi connectivity index (χ2v) is 7.02. The van der Waals surface area contributed by atoms with E-state index in [0.717, 1.165) is 32.1 Å². The highest BCUT2D eigenvalue weighted by Gasteiger charge is 2.29. The molecule has 0 amide bonds. The van der Waals surface area contributed by atoms with Crippen LogP contribution in [0.1, 0.15) is 25.3 Å². The summed E-state index contributed by atoms with van der Waals surface area (Å²) in [6, 6.07) is 3.96. The lowest BCUT2D eigenvalue weighted by molar-refractivity contribution is -0.153. The van der Waals surface area contributed by atoms with E-state index >= 15 is 0 Å². The molecule has 2 rings (SSSR count). The van der Waals surface area contributed by atoms with Crippen LogP contribution in [0.3, 0.4) is 0 Å². The van der Waals surface area contributed by atoms with Gasteiger partial charge in [0.2, 0.25) is 0 Å². The van der Waals surface area contributed by atoms with Crippen molar-refractivity contribution in [3.8, 4) is 5.75 Å². The van der Waals surface area contributed by atoms with E-state index < -0.39 is 18.6 Å². The Morgan fingerprint density at radius 2 is 2.00 bits per heavy atom. The van der Waals surface area contributed by atoms with Crippen LogP contribution in [-0.4, -0.2) is 39.1 Å². The van der Waals surface area contributed by atoms with Crippen molar-refractivity contribution in [1.82, 2.24) is 10.6 Å². The Morgan fingerprint density at radius 1 is 1.27 bits per heavy atom. The maximum atomic E-state index is 13.7. The van der Waals surface area contributed by atoms with Gasteiger partial charge in [0.1, 0.15) is 11.6 Å². The Bertz CT molecular complexity index is 754. The van der Waals surface area contributed by atoms with Crippen LogP contribution >= 0.6 is 0 Å². The van der Waals surface area contributed by atoms with Crippen molar-refractivity contribution >= 4 is 5.57 Å². The van der Waals surface area contributed by atoms with Gasteiger partial charge in [-0.3, -0.25) is 0 Å². The summed E-state index contributed by atoms with van der Waals surface area (Å²) in [4.78, 5) is 0. The summed E-state index contributed by atoms with van der Waals surface area (Å²) in [6.07, 6.45) is 6.30. The molecule has 1 aliphatic heterocycles. The van der Waals surface area contributed by atoms with Gasteiger partial charge in [0.05, 0.1) is 0 Å². The van der Waals surface area contributed by atoms with Crippen LogP contribution in [0.5, 0.6) is 5.75 Å². The molecule has 1 atom stereocenters. The molecular formula is C22H28F4N2O2. The van der Waals surface area contributed by atoms with Crippen LogP contribution in [0, 0.1) is 11.7 Å². The molecule has 1 aromatic carbocycles. The minimum atomic E-state index is -4.52. The summed E-state index contributed by atoms with van der Waals surface area (Å²) in [5.41, 5.74) is 1.10. The Hall–Kier alpha value is -2.48. The van der Waals surface area contributed by atoms with E-state index in [1.807, 2.05) is 19.2 Å². The van der Waals surface area contributed by atoms with E-state index in [9.17, 15) is 17.6 Å². The molecular weight excluding hydrogens is 400 g/mol. The predicted molar refractivity (Wildman–Crippen MR) is 109 cm³/mol. The predicted octanol–water partition coefficient (Wildman–Crippen LogP) is 4.80. The Morgan fingerprint density at radius 3 is 2.67 bits per heavy atom. The lowest BCUT2D eigenvalue weighted by Crippen LogP contribution is -2.31. The number of hydrogen-bond acceptors (Lipinski definition) is 4. The third kappa shape index (κ3) is 8.10. The minimum Gasteiger partial charge on any atom is -0.483 e. The highest BCUT2D eigenvalue weighted by molar-refractivity contribution is 5.74. The Balaban J connectivity index is 2.25. The number of rotatable bonds is 9. The van der Waals surface area contributed by atoms with Crippen LogP contribution < -0.4 is 15.4 Å². The van der Waals surface area contributed by atoms with Gasteiger partial charge in [-0.1, -0.05) is 19.1 Å². The largest absolute Gasteiger partial charge is 0.483 e. The molecule has 0 aliphatic carbocycles. The van der Waals surface area contributed by atoms with Gasteiger partial charge in [0.25, 0.3) is 0 Å². The van der Waals surface area contributed by atoms with Crippen molar-refractivity contribution in [2.75, 3.05) is 26.9 Å². The molecule has 1 heterocycles. The van der Waals surface area contributed by atoms with Gasteiger partial charge in [0, 0.05) is 43.9 Å². The number of ether oxygens (including phenoxy) is 2. The second-order valence-electron chi connectivity index (χ2n) is 7.02. The van der Waals surface area contributed by atoms with Gasteiger partial charge < -0.3 is 20.1 Å². The van der Waals surface area contributed by atoms with Crippen molar-refractivity contribution in [2.24, 2.45) is 5.92 Å². The molecule has 2 N–H and O–H groups in total. The minimum absolute atomic E-state index is 0.144. The maximum Gasteiger partial charge on any atom is 0.422 e. The van der Waals surface area contributed by atoms with Gasteiger partial charge in [0.15, 0.2) is 6.61 Å². The fraction of sp³-hybridized carbons (Fsp3) is 0.455. The smallest absolute Gasteiger partial charge is 0.422 e. The summed E-state index contributed by atoms with van der Waals surface area (Å²) in [7, 11) is 1.74. The van der Waals surface area contributed by atoms with Gasteiger partial charge in [-0.25, -0.2) is 4.39 Å². The lowest BCUT2D eigenvalue weighted by Gasteiger charge is -2.22. The molecule has 0 bridgehead atoms. The van der Waals surface area contributed by atoms with Gasteiger partial charge >= 0.3 is 6.18 Å². The van der Waals surface area contributed by atoms with E-state index in [-0.39, 0.29) is 11.7 Å². The number of alkyl halides is 3. The van der Waals surface area contributed by atoms with E-state index in [2.05, 4.69) is 10.6 Å². The van der Waals surface area contributed by atoms with Crippen LogP contribution in [0.2, 0.25) is 0 Å². The maximum absolute atomic E-state index is 13.7. The van der Waals surface area contributed by atoms with Crippen molar-refractivity contribution in [2.45, 2.75) is 32.0 Å². The average molecular weight is 428 g/mol. The zero-order chi connectivity index (χ0) is 22.0. The number of nitrogens with one attached hydrogen (secondary N) is 2. The van der Waals surface area contributed by atoms with Gasteiger partial charge in [-0.05, 0) is 49.0 Å². The Kier molecular flexibility index (Phi) is 9.23. The van der Waals surface area contributed by atoms with Crippen LogP contribution in [0.4, 0.5) is 17.6 Å². The fourth-order valence-electron chi connectivity index (χ4n) is 3.05. The molecule has 166 valence electrons. The third-order valence-electron chi connectivity index (χ3n) is 4.61. The zero-order valence-corrected chi connectivity index (χ0v) is 17.1. The normalized spacial score (nSPS) is 17.5. The first kappa shape index (κ1) is 23.8. The van der Waals surface area contributed by atoms with Crippen molar-refractivity contribution in [1.29, 1.82) is 0 Å². The molecule has 0 spiro atoms. The van der Waals surface area contributed by atoms with E-state index in [1.165, 1.54) is 12.1 Å². The first-order valence-corrected chi connectivity index (χ1v) is 9.84. The molecule has 1 aliphatic rings. The van der Waals surface area contributed by atoms with Crippen molar-refractivity contribution < 1.29 is 27.0 Å². The molecule has 4 nitrogen and oxygen atoms in total. The highest BCUT2D eigenvalue weighted by Crippen LogP contribution is 2.33. The van der Waals surface area contributed by atoms with E-state index in [1.54, 1.807) is 25.4 Å². The number of hydrogen-bond donors (Lipinski definition) is 2. The van der Waals surface area contributed by atoms with Gasteiger partial charge in [-0.2, -0.15) is 13.2 Å². The van der Waals surface area contributed by atoms with Crippen molar-refractivity contribution in [3.63, 3.8) is 0 Å². The monoisotopic (exact) mass is 428 g/mol. The van der Waals surface area contributed by atoms with Crippen LogP contribution in [0.15, 0.2) is 48.8 Å². The summed E-state index contributed by atoms with van der Waals surface area (Å²) in [5, 5.41) is 6.20. The fourth-order valence-corrected chi connectivity index (χ4v) is 3.05. The quantitative estimate of drug-likeness (QED) is 0.438. The number of allylic oxidation sites excluding steroid dienone is 4. The second kappa shape index (κ2) is 11.6. The third-order valence-corrected chi connectivity index (χ3v) is 4.61. The standard InChI is InChI=1S/C22H28F4N2O2/c1-16(7-11-28-18-8-12-29-13-9-18)19(4-3-10-27-2)20-6-5-17(23)14-21(20)30-15-22(24,25)26/h3-7,10-11,14,16,18,27-28H,8-9,12-13,15H2,1-2H3/b10-3-,11-7-,19-4-. The molecule has 1 saturated heterocycles. The topological polar surface area (TPSA) is 42.5 Å². The highest BCUT2D eigenvalue weighted by atomic mass is 19.4. The first-order valence-electron chi connectivity index (χ1n) is 9.84. The van der Waals surface area contributed by atoms with E-state index in [4.69, 9.17) is 9.47 Å². The van der Waals surface area contributed by atoms with E-state index in [0.29, 0.717) is 17.2 Å². The molecule has 0 saturated carbocycles. The van der Waals surface area contributed by atoms with Gasteiger partial charge in [-0.15, -0.1) is 0 Å². The molecule has 0 radical (unpaired) electrons. The summed E-state index contributed by atoms with van der Waals surface area (Å²) in [5.74, 6) is -0.975. The summed E-state index contributed by atoms with van der Waals surface area (Å²) < 4.78 is 61.9. The molecule has 0 aromatic heterocycles. The Labute approximate surface area is 174 Å². The first-order chi connectivity index (χ1) is 14.3. The molecule has 8 heteroatoms. The molecule has 1 unspecified atom stereocenters. The summed E-state index contributed by atoms with van der Waals surface area (Å²) in [6.45, 7) is 1.86. The van der Waals surface area contributed by atoms with Crippen LogP contribution in [0.25, 0.3) is 5.57 Å². The average Bonchev–Trinajstić information content (AvgIpc) is 2.70. The summed E-state index contributed by atoms with van der Waals surface area (Å²) >= 11 is 0. The molecule has 1 fully saturated rings. The molecule has 1 aromatic rings. The number of halogens is 4. The van der Waals surface area contributed by atoms with Crippen molar-refractivity contribution in [3.05, 3.63) is 60.2 Å². The van der Waals surface area contributed by atoms with Crippen LogP contribution in [-0.2, 0) is 4.74 Å². The zero-order valence-electron chi connectivity index (χ0n) is 17.1.